The van der Waals surface area contributed by atoms with Crippen LogP contribution in [0.15, 0.2) is 48.5 Å². The molecule has 0 radical (unpaired) electrons. The van der Waals surface area contributed by atoms with Crippen LogP contribution in [0.5, 0.6) is 0 Å². The van der Waals surface area contributed by atoms with Gasteiger partial charge in [-0.2, -0.15) is 0 Å². The van der Waals surface area contributed by atoms with Crippen LogP contribution >= 0.6 is 0 Å². The zero-order chi connectivity index (χ0) is 17.7. The van der Waals surface area contributed by atoms with E-state index in [0.717, 1.165) is 0 Å². The van der Waals surface area contributed by atoms with E-state index in [9.17, 15) is 0 Å². The van der Waals surface area contributed by atoms with Gasteiger partial charge in [-0.15, -0.1) is 0 Å². The maximum Gasteiger partial charge on any atom is 0.0990 e. The van der Waals surface area contributed by atoms with Crippen LogP contribution in [0.1, 0.15) is 5.56 Å². The lowest BCUT2D eigenvalue weighted by Gasteiger charge is -2.26. The van der Waals surface area contributed by atoms with E-state index in [1.807, 2.05) is 0 Å². The van der Waals surface area contributed by atoms with Crippen LogP contribution < -0.4 is 10.5 Å². The van der Waals surface area contributed by atoms with Gasteiger partial charge < -0.3 is 4.57 Å². The molecule has 0 saturated heterocycles. The topological polar surface area (TPSA) is 4.93 Å². The van der Waals surface area contributed by atoms with Gasteiger partial charge in [0.1, 0.15) is 0 Å². The molecule has 0 amide bonds. The molecular formula is C21H29NSi2. The second-order valence-electron chi connectivity index (χ2n) is 8.94. The maximum absolute atomic E-state index is 2.56. The quantitative estimate of drug-likeness (QED) is 0.583. The van der Waals surface area contributed by atoms with Crippen LogP contribution in [0.3, 0.4) is 0 Å². The predicted octanol–water partition coefficient (Wildman–Crippen LogP) is 5.03. The van der Waals surface area contributed by atoms with E-state index < -0.39 is 16.1 Å². The third-order valence-corrected chi connectivity index (χ3v) is 8.62. The van der Waals surface area contributed by atoms with Crippen molar-refractivity contribution in [1.29, 1.82) is 0 Å². The highest BCUT2D eigenvalue weighted by atomic mass is 28.3. The molecule has 24 heavy (non-hydrogen) atoms. The third-order valence-electron chi connectivity index (χ3n) is 4.68. The molecule has 3 rings (SSSR count). The molecule has 3 heteroatoms. The number of para-hydroxylation sites is 1. The van der Waals surface area contributed by atoms with Crippen molar-refractivity contribution in [3.63, 3.8) is 0 Å². The van der Waals surface area contributed by atoms with E-state index >= 15 is 0 Å². The lowest BCUT2D eigenvalue weighted by molar-refractivity contribution is 1.16. The fraction of sp³-hybridized carbons (Fsp3) is 0.333. The summed E-state index contributed by atoms with van der Waals surface area (Å²) in [5.41, 5.74) is 4.08. The summed E-state index contributed by atoms with van der Waals surface area (Å²) in [6.07, 6.45) is 0. The Hall–Kier alpha value is -1.59. The highest BCUT2D eigenvalue weighted by molar-refractivity contribution is 6.90. The lowest BCUT2D eigenvalue weighted by atomic mass is 10.2. The number of hydrogen-bond donors (Lipinski definition) is 0. The van der Waals surface area contributed by atoms with Gasteiger partial charge in [0.25, 0.3) is 0 Å². The molecule has 0 unspecified atom stereocenters. The molecule has 0 saturated carbocycles. The Balaban J connectivity index is 2.42. The van der Waals surface area contributed by atoms with Gasteiger partial charge in [-0.1, -0.05) is 69.1 Å². The van der Waals surface area contributed by atoms with Crippen molar-refractivity contribution >= 4 is 37.6 Å². The molecule has 1 aromatic heterocycles. The average Bonchev–Trinajstić information content (AvgIpc) is 2.84. The summed E-state index contributed by atoms with van der Waals surface area (Å²) < 4.78 is 2.56. The van der Waals surface area contributed by atoms with E-state index in [1.165, 1.54) is 27.5 Å². The van der Waals surface area contributed by atoms with Gasteiger partial charge in [0.05, 0.1) is 21.7 Å². The Labute approximate surface area is 148 Å². The van der Waals surface area contributed by atoms with Gasteiger partial charge in [-0.3, -0.25) is 0 Å². The number of aromatic nitrogens is 1. The number of nitrogens with zero attached hydrogens (tertiary/aromatic N) is 1. The van der Waals surface area contributed by atoms with Crippen LogP contribution in [0, 0.1) is 6.92 Å². The molecule has 1 nitrogen and oxygen atoms in total. The SMILES string of the molecule is Cc1ccc2c(c1)cc([Si](C)(C)C)n2-c1ccccc1[Si](C)(C)C. The van der Waals surface area contributed by atoms with Crippen molar-refractivity contribution in [2.24, 2.45) is 0 Å². The largest absolute Gasteiger partial charge is 0.318 e. The molecule has 126 valence electrons. The Bertz CT molecular complexity index is 892. The van der Waals surface area contributed by atoms with Crippen molar-refractivity contribution < 1.29 is 0 Å². The van der Waals surface area contributed by atoms with E-state index in [1.54, 1.807) is 5.19 Å². The van der Waals surface area contributed by atoms with Crippen LogP contribution in [0.25, 0.3) is 16.6 Å². The summed E-state index contributed by atoms with van der Waals surface area (Å²) in [6.45, 7) is 16.8. The van der Waals surface area contributed by atoms with Crippen LogP contribution in [0.2, 0.25) is 39.3 Å². The molecule has 0 bridgehead atoms. The van der Waals surface area contributed by atoms with E-state index in [-0.39, 0.29) is 0 Å². The van der Waals surface area contributed by atoms with Crippen LogP contribution in [0.4, 0.5) is 0 Å². The molecule has 0 N–H and O–H groups in total. The highest BCUT2D eigenvalue weighted by Crippen LogP contribution is 2.23. The molecule has 0 aliphatic carbocycles. The molecule has 0 fully saturated rings. The monoisotopic (exact) mass is 351 g/mol. The fourth-order valence-electron chi connectivity index (χ4n) is 3.45. The molecular weight excluding hydrogens is 322 g/mol. The van der Waals surface area contributed by atoms with Gasteiger partial charge in [-0.05, 0) is 36.4 Å². The summed E-state index contributed by atoms with van der Waals surface area (Å²) in [4.78, 5) is 0. The third kappa shape index (κ3) is 3.03. The normalized spacial score (nSPS) is 12.8. The average molecular weight is 352 g/mol. The molecule has 2 aromatic carbocycles. The number of benzene rings is 2. The summed E-state index contributed by atoms with van der Waals surface area (Å²) in [5.74, 6) is 0. The number of aryl methyl sites for hydroxylation is 1. The Morgan fingerprint density at radius 2 is 1.42 bits per heavy atom. The van der Waals surface area contributed by atoms with E-state index in [0.29, 0.717) is 0 Å². The first kappa shape index (κ1) is 17.2. The zero-order valence-electron chi connectivity index (χ0n) is 16.1. The van der Waals surface area contributed by atoms with Gasteiger partial charge in [0, 0.05) is 16.4 Å². The predicted molar refractivity (Wildman–Crippen MR) is 114 cm³/mol. The molecule has 0 atom stereocenters. The van der Waals surface area contributed by atoms with Gasteiger partial charge in [-0.25, -0.2) is 0 Å². The molecule has 0 aliphatic heterocycles. The second-order valence-corrected chi connectivity index (χ2v) is 19.0. The number of hydrogen-bond acceptors (Lipinski definition) is 0. The summed E-state index contributed by atoms with van der Waals surface area (Å²) >= 11 is 0. The van der Waals surface area contributed by atoms with Crippen molar-refractivity contribution in [1.82, 2.24) is 4.57 Å². The fourth-order valence-corrected chi connectivity index (χ4v) is 6.51. The first-order valence-corrected chi connectivity index (χ1v) is 15.8. The summed E-state index contributed by atoms with van der Waals surface area (Å²) in [6, 6.07) is 18.3. The standard InChI is InChI=1S/C21H29NSi2/c1-16-12-13-18-17(14-16)15-21(24(5,6)7)22(18)19-10-8-9-11-20(19)23(2,3)4/h8-15H,1-7H3. The minimum Gasteiger partial charge on any atom is -0.318 e. The van der Waals surface area contributed by atoms with Crippen LogP contribution in [-0.2, 0) is 0 Å². The van der Waals surface area contributed by atoms with E-state index in [4.69, 9.17) is 0 Å². The Morgan fingerprint density at radius 1 is 0.750 bits per heavy atom. The lowest BCUT2D eigenvalue weighted by Crippen LogP contribution is -2.46. The smallest absolute Gasteiger partial charge is 0.0990 e. The number of rotatable bonds is 3. The summed E-state index contributed by atoms with van der Waals surface area (Å²) in [7, 11) is -2.88. The first-order chi connectivity index (χ1) is 11.1. The molecule has 0 spiro atoms. The minimum atomic E-state index is -1.46. The number of fused-ring (bicyclic) bond motifs is 1. The van der Waals surface area contributed by atoms with Crippen molar-refractivity contribution in [2.75, 3.05) is 0 Å². The Kier molecular flexibility index (Phi) is 4.13. The molecule has 0 aliphatic rings. The minimum absolute atomic E-state index is 1.33. The Morgan fingerprint density at radius 3 is 2.04 bits per heavy atom. The van der Waals surface area contributed by atoms with Crippen LogP contribution in [-0.4, -0.2) is 20.7 Å². The van der Waals surface area contributed by atoms with Gasteiger partial charge in [0.15, 0.2) is 0 Å². The van der Waals surface area contributed by atoms with Crippen molar-refractivity contribution in [3.8, 4) is 5.69 Å². The highest BCUT2D eigenvalue weighted by Gasteiger charge is 2.27. The van der Waals surface area contributed by atoms with E-state index in [2.05, 4.69) is 99.3 Å². The van der Waals surface area contributed by atoms with Gasteiger partial charge >= 0.3 is 0 Å². The molecule has 1 heterocycles. The maximum atomic E-state index is 2.56. The zero-order valence-corrected chi connectivity index (χ0v) is 18.1. The molecule has 3 aromatic rings. The van der Waals surface area contributed by atoms with Crippen molar-refractivity contribution in [3.05, 3.63) is 54.1 Å². The van der Waals surface area contributed by atoms with Crippen molar-refractivity contribution in [2.45, 2.75) is 46.2 Å². The summed E-state index contributed by atoms with van der Waals surface area (Å²) in [5, 5.41) is 4.44. The van der Waals surface area contributed by atoms with Gasteiger partial charge in [0.2, 0.25) is 0 Å². The second kappa shape index (κ2) is 5.74. The first-order valence-electron chi connectivity index (χ1n) is 8.81.